The van der Waals surface area contributed by atoms with Crippen LogP contribution in [0.25, 0.3) is 0 Å². The van der Waals surface area contributed by atoms with E-state index in [-0.39, 0.29) is 6.04 Å². The van der Waals surface area contributed by atoms with E-state index in [1.165, 1.54) is 11.1 Å². The van der Waals surface area contributed by atoms with Crippen LogP contribution in [0.15, 0.2) is 48.5 Å². The van der Waals surface area contributed by atoms with Gasteiger partial charge in [0.2, 0.25) is 0 Å². The Kier molecular flexibility index (Phi) is 4.35. The molecule has 0 amide bonds. The van der Waals surface area contributed by atoms with Crippen molar-refractivity contribution in [2.45, 2.75) is 32.4 Å². The van der Waals surface area contributed by atoms with Gasteiger partial charge in [0.1, 0.15) is 0 Å². The summed E-state index contributed by atoms with van der Waals surface area (Å²) in [6.07, 6.45) is 0.0120. The van der Waals surface area contributed by atoms with E-state index in [0.29, 0.717) is 6.42 Å². The largest absolute Gasteiger partial charge is 0.391 e. The molecule has 19 heavy (non-hydrogen) atoms. The van der Waals surface area contributed by atoms with Crippen molar-refractivity contribution < 1.29 is 5.11 Å². The Morgan fingerprint density at radius 3 is 2.37 bits per heavy atom. The van der Waals surface area contributed by atoms with Crippen molar-refractivity contribution in [3.05, 3.63) is 70.8 Å². The summed E-state index contributed by atoms with van der Waals surface area (Å²) in [5.41, 5.74) is 10.7. The van der Waals surface area contributed by atoms with Gasteiger partial charge in [0.05, 0.1) is 12.1 Å². The molecule has 2 nitrogen and oxygen atoms in total. The molecule has 0 aromatic heterocycles. The Morgan fingerprint density at radius 1 is 1.00 bits per heavy atom. The average Bonchev–Trinajstić information content (AvgIpc) is 2.42. The summed E-state index contributed by atoms with van der Waals surface area (Å²) in [6, 6.07) is 15.7. The number of aliphatic hydroxyl groups excluding tert-OH is 1. The summed E-state index contributed by atoms with van der Waals surface area (Å²) in [4.78, 5) is 0. The molecule has 0 spiro atoms. The fourth-order valence-corrected chi connectivity index (χ4v) is 2.32. The van der Waals surface area contributed by atoms with E-state index in [2.05, 4.69) is 19.9 Å². The zero-order valence-corrected chi connectivity index (χ0v) is 11.5. The van der Waals surface area contributed by atoms with Crippen LogP contribution in [0.3, 0.4) is 0 Å². The maximum absolute atomic E-state index is 10.3. The van der Waals surface area contributed by atoms with Gasteiger partial charge in [-0.05, 0) is 36.1 Å². The molecule has 0 fully saturated rings. The topological polar surface area (TPSA) is 46.2 Å². The summed E-state index contributed by atoms with van der Waals surface area (Å²) in [5, 5.41) is 10.3. The summed E-state index contributed by atoms with van der Waals surface area (Å²) < 4.78 is 0. The van der Waals surface area contributed by atoms with E-state index in [1.807, 2.05) is 42.5 Å². The molecule has 0 aliphatic heterocycles. The molecule has 2 aromatic carbocycles. The fraction of sp³-hybridized carbons (Fsp3) is 0.294. The SMILES string of the molecule is Cc1cccc([C@H](N)[C@H](O)Cc2ccccc2)c1C. The van der Waals surface area contributed by atoms with Gasteiger partial charge in [-0.1, -0.05) is 48.5 Å². The summed E-state index contributed by atoms with van der Waals surface area (Å²) in [7, 11) is 0. The highest BCUT2D eigenvalue weighted by molar-refractivity contribution is 5.36. The van der Waals surface area contributed by atoms with Crippen LogP contribution in [-0.4, -0.2) is 11.2 Å². The number of hydrogen-bond acceptors (Lipinski definition) is 2. The van der Waals surface area contributed by atoms with Crippen molar-refractivity contribution in [1.82, 2.24) is 0 Å². The van der Waals surface area contributed by atoms with E-state index < -0.39 is 6.10 Å². The second-order valence-corrected chi connectivity index (χ2v) is 5.07. The average molecular weight is 255 g/mol. The highest BCUT2D eigenvalue weighted by Crippen LogP contribution is 2.23. The molecular weight excluding hydrogens is 234 g/mol. The first-order valence-electron chi connectivity index (χ1n) is 6.63. The lowest BCUT2D eigenvalue weighted by atomic mass is 9.92. The highest BCUT2D eigenvalue weighted by Gasteiger charge is 2.19. The summed E-state index contributed by atoms with van der Waals surface area (Å²) >= 11 is 0. The van der Waals surface area contributed by atoms with Gasteiger partial charge in [0, 0.05) is 6.42 Å². The number of rotatable bonds is 4. The quantitative estimate of drug-likeness (QED) is 0.882. The Morgan fingerprint density at radius 2 is 1.68 bits per heavy atom. The Labute approximate surface area is 114 Å². The standard InChI is InChI=1S/C17H21NO/c1-12-7-6-10-15(13(12)2)17(18)16(19)11-14-8-4-3-5-9-14/h3-10,16-17,19H,11,18H2,1-2H3/t16-,17+/m1/s1. The summed E-state index contributed by atoms with van der Waals surface area (Å²) in [6.45, 7) is 4.12. The molecule has 2 atom stereocenters. The molecule has 0 bridgehead atoms. The van der Waals surface area contributed by atoms with Crippen LogP contribution in [0, 0.1) is 13.8 Å². The van der Waals surface area contributed by atoms with E-state index >= 15 is 0 Å². The number of aryl methyl sites for hydroxylation is 1. The third kappa shape index (κ3) is 3.22. The van der Waals surface area contributed by atoms with Crippen molar-refractivity contribution >= 4 is 0 Å². The molecule has 0 saturated heterocycles. The van der Waals surface area contributed by atoms with Crippen molar-refractivity contribution in [2.75, 3.05) is 0 Å². The zero-order chi connectivity index (χ0) is 13.8. The number of nitrogens with two attached hydrogens (primary N) is 1. The van der Waals surface area contributed by atoms with Gasteiger partial charge in [-0.15, -0.1) is 0 Å². The van der Waals surface area contributed by atoms with E-state index in [1.54, 1.807) is 0 Å². The van der Waals surface area contributed by atoms with Crippen molar-refractivity contribution in [3.63, 3.8) is 0 Å². The van der Waals surface area contributed by atoms with Crippen LogP contribution in [0.5, 0.6) is 0 Å². The first kappa shape index (κ1) is 13.8. The second-order valence-electron chi connectivity index (χ2n) is 5.07. The van der Waals surface area contributed by atoms with Gasteiger partial charge in [-0.3, -0.25) is 0 Å². The zero-order valence-electron chi connectivity index (χ0n) is 11.5. The normalized spacial score (nSPS) is 14.1. The first-order valence-corrected chi connectivity index (χ1v) is 6.63. The smallest absolute Gasteiger partial charge is 0.0773 e. The predicted octanol–water partition coefficient (Wildman–Crippen LogP) is 2.91. The molecule has 2 rings (SSSR count). The third-order valence-corrected chi connectivity index (χ3v) is 3.71. The van der Waals surface area contributed by atoms with Crippen molar-refractivity contribution in [2.24, 2.45) is 5.73 Å². The molecule has 0 heterocycles. The molecular formula is C17H21NO. The monoisotopic (exact) mass is 255 g/mol. The van der Waals surface area contributed by atoms with Gasteiger partial charge in [0.15, 0.2) is 0 Å². The number of benzene rings is 2. The van der Waals surface area contributed by atoms with Gasteiger partial charge in [-0.25, -0.2) is 0 Å². The Bertz CT molecular complexity index is 536. The Hall–Kier alpha value is -1.64. The Balaban J connectivity index is 2.15. The maximum Gasteiger partial charge on any atom is 0.0773 e. The molecule has 2 heteroatoms. The van der Waals surface area contributed by atoms with Crippen molar-refractivity contribution in [3.8, 4) is 0 Å². The fourth-order valence-electron chi connectivity index (χ4n) is 2.32. The second kappa shape index (κ2) is 6.00. The van der Waals surface area contributed by atoms with Crippen LogP contribution >= 0.6 is 0 Å². The molecule has 0 radical (unpaired) electrons. The molecule has 3 N–H and O–H groups in total. The maximum atomic E-state index is 10.3. The molecule has 0 saturated carbocycles. The summed E-state index contributed by atoms with van der Waals surface area (Å²) in [5.74, 6) is 0. The molecule has 0 aliphatic rings. The van der Waals surface area contributed by atoms with E-state index in [4.69, 9.17) is 5.73 Å². The van der Waals surface area contributed by atoms with Gasteiger partial charge in [-0.2, -0.15) is 0 Å². The lowest BCUT2D eigenvalue weighted by molar-refractivity contribution is 0.145. The predicted molar refractivity (Wildman–Crippen MR) is 79.0 cm³/mol. The van der Waals surface area contributed by atoms with E-state index in [0.717, 1.165) is 11.1 Å². The van der Waals surface area contributed by atoms with Gasteiger partial charge >= 0.3 is 0 Å². The minimum atomic E-state index is -0.567. The number of aliphatic hydroxyl groups is 1. The van der Waals surface area contributed by atoms with Gasteiger partial charge in [0.25, 0.3) is 0 Å². The minimum absolute atomic E-state index is 0.347. The lowest BCUT2D eigenvalue weighted by Gasteiger charge is -2.22. The van der Waals surface area contributed by atoms with Crippen LogP contribution in [0.4, 0.5) is 0 Å². The molecule has 100 valence electrons. The van der Waals surface area contributed by atoms with Crippen molar-refractivity contribution in [1.29, 1.82) is 0 Å². The number of hydrogen-bond donors (Lipinski definition) is 2. The first-order chi connectivity index (χ1) is 9.09. The lowest BCUT2D eigenvalue weighted by Crippen LogP contribution is -2.28. The minimum Gasteiger partial charge on any atom is -0.391 e. The third-order valence-electron chi connectivity index (χ3n) is 3.71. The van der Waals surface area contributed by atoms with Gasteiger partial charge < -0.3 is 10.8 Å². The van der Waals surface area contributed by atoms with Crippen LogP contribution in [0.2, 0.25) is 0 Å². The molecule has 2 aromatic rings. The van der Waals surface area contributed by atoms with Crippen LogP contribution < -0.4 is 5.73 Å². The highest BCUT2D eigenvalue weighted by atomic mass is 16.3. The van der Waals surface area contributed by atoms with Crippen LogP contribution in [0.1, 0.15) is 28.3 Å². The van der Waals surface area contributed by atoms with Crippen LogP contribution in [-0.2, 0) is 6.42 Å². The molecule has 0 unspecified atom stereocenters. The molecule has 0 aliphatic carbocycles. The van der Waals surface area contributed by atoms with E-state index in [9.17, 15) is 5.11 Å².